The van der Waals surface area contributed by atoms with Gasteiger partial charge < -0.3 is 20.2 Å². The Morgan fingerprint density at radius 3 is 2.33 bits per heavy atom. The van der Waals surface area contributed by atoms with Crippen LogP contribution in [0.15, 0.2) is 27.8 Å². The van der Waals surface area contributed by atoms with Crippen LogP contribution in [0.25, 0.3) is 5.69 Å². The van der Waals surface area contributed by atoms with E-state index in [1.807, 2.05) is 0 Å². The molecule has 0 aliphatic heterocycles. The predicted octanol–water partition coefficient (Wildman–Crippen LogP) is 2.85. The van der Waals surface area contributed by atoms with Crippen molar-refractivity contribution < 1.29 is 22.6 Å². The number of rotatable bonds is 6. The summed E-state index contributed by atoms with van der Waals surface area (Å²) < 4.78 is 50.0. The smallest absolute Gasteiger partial charge is 0.393 e. The van der Waals surface area contributed by atoms with E-state index in [2.05, 4.69) is 0 Å². The molecular weight excluding hydrogens is 391 g/mol. The molecular formula is C16H17ClF3N3O4. The van der Waals surface area contributed by atoms with Gasteiger partial charge in [0.25, 0.3) is 5.56 Å². The summed E-state index contributed by atoms with van der Waals surface area (Å²) in [5, 5.41) is 0.231. The number of hydrogen-bond donors (Lipinski definition) is 2. The molecule has 3 N–H and O–H groups in total. The fourth-order valence-corrected chi connectivity index (χ4v) is 2.60. The molecule has 1 aromatic heterocycles. The van der Waals surface area contributed by atoms with E-state index in [0.29, 0.717) is 23.3 Å². The van der Waals surface area contributed by atoms with Crippen LogP contribution in [0, 0.1) is 0 Å². The van der Waals surface area contributed by atoms with Crippen LogP contribution in [0.1, 0.15) is 31.4 Å². The Morgan fingerprint density at radius 2 is 1.81 bits per heavy atom. The van der Waals surface area contributed by atoms with Crippen LogP contribution in [-0.2, 0) is 15.7 Å². The molecule has 1 heterocycles. The van der Waals surface area contributed by atoms with Crippen molar-refractivity contribution in [1.82, 2.24) is 9.55 Å². The van der Waals surface area contributed by atoms with Gasteiger partial charge in [-0.05, 0) is 32.0 Å². The highest BCUT2D eigenvalue weighted by molar-refractivity contribution is 6.31. The molecule has 0 saturated carbocycles. The van der Waals surface area contributed by atoms with Crippen molar-refractivity contribution in [3.8, 4) is 5.69 Å². The van der Waals surface area contributed by atoms with Crippen LogP contribution in [0.5, 0.6) is 0 Å². The number of H-pyrrole nitrogens is 1. The number of nitrogens with zero attached hydrogens (tertiary/aromatic N) is 1. The lowest BCUT2D eigenvalue weighted by Crippen LogP contribution is -2.38. The fourth-order valence-electron chi connectivity index (χ4n) is 2.39. The van der Waals surface area contributed by atoms with Gasteiger partial charge in [0.1, 0.15) is 5.69 Å². The minimum Gasteiger partial charge on any atom is -0.393 e. The quantitative estimate of drug-likeness (QED) is 0.717. The van der Waals surface area contributed by atoms with Gasteiger partial charge in [-0.15, -0.1) is 0 Å². The first-order valence-corrected chi connectivity index (χ1v) is 8.24. The molecule has 0 spiro atoms. The predicted molar refractivity (Wildman–Crippen MR) is 93.1 cm³/mol. The van der Waals surface area contributed by atoms with E-state index in [1.165, 1.54) is 18.2 Å². The number of anilines is 1. The molecule has 11 heteroatoms. The van der Waals surface area contributed by atoms with Gasteiger partial charge in [-0.2, -0.15) is 13.2 Å². The fraction of sp³-hybridized carbons (Fsp3) is 0.375. The third-order valence-electron chi connectivity index (χ3n) is 3.55. The first-order chi connectivity index (χ1) is 12.6. The number of nitrogen functional groups attached to an aromatic ring is 1. The zero-order chi connectivity index (χ0) is 20.4. The summed E-state index contributed by atoms with van der Waals surface area (Å²) in [6.07, 6.45) is -5.85. The topological polar surface area (TPSA) is 99.3 Å². The number of alkyl halides is 3. The van der Waals surface area contributed by atoms with Crippen LogP contribution in [-0.4, -0.2) is 22.8 Å². The number of halogens is 4. The summed E-state index contributed by atoms with van der Waals surface area (Å²) in [5.41, 5.74) is 0.263. The summed E-state index contributed by atoms with van der Waals surface area (Å²) in [6.45, 7) is 4.04. The number of nitrogens with two attached hydrogens (primary N) is 1. The standard InChI is InChI=1S/C16H17ClF3N3O4/c1-3-26-14(27-4-2)9-7-8(5-6-10(9)17)23-13(24)11(21)12(16(18,19)20)22-15(23)25/h5-7,14H,3-4,21H2,1-2H3,(H,22,25). The minimum absolute atomic E-state index is 0.0366. The Labute approximate surface area is 156 Å². The van der Waals surface area contributed by atoms with Gasteiger partial charge in [0, 0.05) is 23.8 Å². The largest absolute Gasteiger partial charge is 0.433 e. The van der Waals surface area contributed by atoms with Crippen molar-refractivity contribution in [1.29, 1.82) is 0 Å². The summed E-state index contributed by atoms with van der Waals surface area (Å²) >= 11 is 6.14. The third kappa shape index (κ3) is 4.34. The highest BCUT2D eigenvalue weighted by atomic mass is 35.5. The summed E-state index contributed by atoms with van der Waals surface area (Å²) in [5.74, 6) is 0. The van der Waals surface area contributed by atoms with E-state index in [1.54, 1.807) is 18.8 Å². The Bertz CT molecular complexity index is 934. The molecule has 0 saturated heterocycles. The molecule has 0 radical (unpaired) electrons. The molecule has 0 amide bonds. The second-order valence-electron chi connectivity index (χ2n) is 5.31. The molecule has 2 aromatic rings. The van der Waals surface area contributed by atoms with Gasteiger partial charge >= 0.3 is 11.9 Å². The number of hydrogen-bond acceptors (Lipinski definition) is 5. The highest BCUT2D eigenvalue weighted by Crippen LogP contribution is 2.30. The van der Waals surface area contributed by atoms with E-state index in [0.717, 1.165) is 0 Å². The second-order valence-corrected chi connectivity index (χ2v) is 5.71. The van der Waals surface area contributed by atoms with Crippen molar-refractivity contribution in [2.75, 3.05) is 18.9 Å². The molecule has 2 rings (SSSR count). The maximum absolute atomic E-state index is 12.9. The molecule has 7 nitrogen and oxygen atoms in total. The molecule has 0 bridgehead atoms. The van der Waals surface area contributed by atoms with Gasteiger partial charge in [0.05, 0.1) is 5.69 Å². The molecule has 0 fully saturated rings. The third-order valence-corrected chi connectivity index (χ3v) is 3.89. The van der Waals surface area contributed by atoms with Crippen LogP contribution in [0.2, 0.25) is 5.02 Å². The lowest BCUT2D eigenvalue weighted by Gasteiger charge is -2.19. The Kier molecular flexibility index (Phi) is 6.34. The first kappa shape index (κ1) is 21.0. The van der Waals surface area contributed by atoms with E-state index in [4.69, 9.17) is 26.8 Å². The van der Waals surface area contributed by atoms with Gasteiger partial charge in [-0.1, -0.05) is 11.6 Å². The number of benzene rings is 1. The average Bonchev–Trinajstić information content (AvgIpc) is 2.58. The van der Waals surface area contributed by atoms with Gasteiger partial charge in [-0.3, -0.25) is 4.79 Å². The van der Waals surface area contributed by atoms with Crippen molar-refractivity contribution in [3.05, 3.63) is 55.3 Å². The highest BCUT2D eigenvalue weighted by Gasteiger charge is 2.36. The second kappa shape index (κ2) is 8.15. The monoisotopic (exact) mass is 407 g/mol. The Balaban J connectivity index is 2.67. The summed E-state index contributed by atoms with van der Waals surface area (Å²) in [7, 11) is 0. The lowest BCUT2D eigenvalue weighted by atomic mass is 10.2. The number of ether oxygens (including phenoxy) is 2. The molecule has 27 heavy (non-hydrogen) atoms. The molecule has 0 aliphatic rings. The minimum atomic E-state index is -4.97. The molecule has 1 aromatic carbocycles. The van der Waals surface area contributed by atoms with Crippen molar-refractivity contribution in [2.24, 2.45) is 0 Å². The van der Waals surface area contributed by atoms with Gasteiger partial charge in [0.2, 0.25) is 0 Å². The molecule has 0 aliphatic carbocycles. The number of nitrogens with one attached hydrogen (secondary N) is 1. The van der Waals surface area contributed by atoms with Crippen molar-refractivity contribution >= 4 is 17.3 Å². The summed E-state index contributed by atoms with van der Waals surface area (Å²) in [4.78, 5) is 26.0. The maximum atomic E-state index is 12.9. The van der Waals surface area contributed by atoms with Gasteiger partial charge in [0.15, 0.2) is 12.0 Å². The van der Waals surface area contributed by atoms with Crippen LogP contribution < -0.4 is 17.0 Å². The maximum Gasteiger partial charge on any atom is 0.433 e. The molecule has 0 unspecified atom stereocenters. The lowest BCUT2D eigenvalue weighted by molar-refractivity contribution is -0.140. The average molecular weight is 408 g/mol. The van der Waals surface area contributed by atoms with E-state index >= 15 is 0 Å². The molecule has 148 valence electrons. The van der Waals surface area contributed by atoms with Crippen molar-refractivity contribution in [3.63, 3.8) is 0 Å². The SMILES string of the molecule is CCOC(OCC)c1cc(-n2c(=O)[nH]c(C(F)(F)F)c(N)c2=O)ccc1Cl. The van der Waals surface area contributed by atoms with E-state index in [-0.39, 0.29) is 10.7 Å². The zero-order valence-corrected chi connectivity index (χ0v) is 15.1. The van der Waals surface area contributed by atoms with Crippen molar-refractivity contribution in [2.45, 2.75) is 26.3 Å². The zero-order valence-electron chi connectivity index (χ0n) is 14.4. The Morgan fingerprint density at radius 1 is 1.22 bits per heavy atom. The van der Waals surface area contributed by atoms with Crippen LogP contribution in [0.3, 0.4) is 0 Å². The number of aromatic nitrogens is 2. The van der Waals surface area contributed by atoms with E-state index in [9.17, 15) is 22.8 Å². The van der Waals surface area contributed by atoms with E-state index < -0.39 is 35.1 Å². The van der Waals surface area contributed by atoms with Gasteiger partial charge in [-0.25, -0.2) is 9.36 Å². The van der Waals surface area contributed by atoms with Crippen LogP contribution >= 0.6 is 11.6 Å². The Hall–Kier alpha value is -2.30. The van der Waals surface area contributed by atoms with Crippen LogP contribution in [0.4, 0.5) is 18.9 Å². The normalized spacial score (nSPS) is 12.0. The molecule has 0 atom stereocenters. The number of aromatic amines is 1. The summed E-state index contributed by atoms with van der Waals surface area (Å²) in [6, 6.07) is 3.99. The first-order valence-electron chi connectivity index (χ1n) is 7.86.